The molecule has 12 nitrogen and oxygen atoms in total. The van der Waals surface area contributed by atoms with Crippen molar-refractivity contribution in [2.75, 3.05) is 30.2 Å². The molecule has 1 aromatic carbocycles. The van der Waals surface area contributed by atoms with Crippen LogP contribution in [0.2, 0.25) is 0 Å². The normalized spacial score (nSPS) is 18.1. The third kappa shape index (κ3) is 6.50. The summed E-state index contributed by atoms with van der Waals surface area (Å²) >= 11 is 1.45. The molecule has 0 saturated carbocycles. The third-order valence-corrected chi connectivity index (χ3v) is 9.28. The number of carbonyl (C=O) groups is 1. The number of hydrogen-bond donors (Lipinski definition) is 3. The van der Waals surface area contributed by atoms with Crippen molar-refractivity contribution in [2.24, 2.45) is 0 Å². The predicted molar refractivity (Wildman–Crippen MR) is 159 cm³/mol. The van der Waals surface area contributed by atoms with E-state index >= 15 is 0 Å². The van der Waals surface area contributed by atoms with E-state index in [-0.39, 0.29) is 29.7 Å². The number of hydrogen-bond acceptors (Lipinski definition) is 10. The van der Waals surface area contributed by atoms with Gasteiger partial charge in [-0.15, -0.1) is 11.3 Å². The minimum absolute atomic E-state index is 0.148. The van der Waals surface area contributed by atoms with Crippen molar-refractivity contribution < 1.29 is 22.7 Å². The largest absolute Gasteiger partial charge is 0.480 e. The minimum Gasteiger partial charge on any atom is -0.480 e. The van der Waals surface area contributed by atoms with Crippen LogP contribution in [0.15, 0.2) is 36.0 Å². The number of fused-ring (bicyclic) bond motifs is 1. The van der Waals surface area contributed by atoms with Crippen LogP contribution in [0.25, 0.3) is 22.0 Å². The molecule has 3 N–H and O–H groups in total. The molecular formula is C27H33N7O5S2. The van der Waals surface area contributed by atoms with Gasteiger partial charge < -0.3 is 14.8 Å². The molecule has 4 heterocycles. The second kappa shape index (κ2) is 11.7. The molecule has 0 bridgehead atoms. The Bertz CT molecular complexity index is 1660. The predicted octanol–water partition coefficient (Wildman–Crippen LogP) is 4.10. The molecule has 1 aliphatic heterocycles. The fourth-order valence-electron chi connectivity index (χ4n) is 4.72. The molecule has 1 saturated heterocycles. The van der Waals surface area contributed by atoms with Crippen LogP contribution in [0.3, 0.4) is 0 Å². The number of nitrogens with one attached hydrogen (secondary N) is 3. The van der Waals surface area contributed by atoms with Crippen molar-refractivity contribution in [2.45, 2.75) is 51.7 Å². The van der Waals surface area contributed by atoms with Crippen molar-refractivity contribution in [3.8, 4) is 17.0 Å². The topological polar surface area (TPSA) is 151 Å². The Kier molecular flexibility index (Phi) is 8.27. The van der Waals surface area contributed by atoms with Gasteiger partial charge in [-0.05, 0) is 51.5 Å². The highest BCUT2D eigenvalue weighted by Gasteiger charge is 2.24. The Morgan fingerprint density at radius 3 is 2.61 bits per heavy atom. The number of nitrogens with zero attached hydrogens (tertiary/aromatic N) is 4. The van der Waals surface area contributed by atoms with Gasteiger partial charge in [0.1, 0.15) is 16.4 Å². The number of benzene rings is 1. The quantitative estimate of drug-likeness (QED) is 0.258. The number of pyridine rings is 1. The van der Waals surface area contributed by atoms with E-state index in [1.807, 2.05) is 6.07 Å². The lowest BCUT2D eigenvalue weighted by Crippen LogP contribution is -2.44. The van der Waals surface area contributed by atoms with Crippen LogP contribution in [0.5, 0.6) is 5.88 Å². The van der Waals surface area contributed by atoms with E-state index in [1.165, 1.54) is 18.4 Å². The zero-order chi connectivity index (χ0) is 29.3. The number of rotatable bonds is 9. The lowest BCUT2D eigenvalue weighted by molar-refractivity contribution is -0.0705. The number of carbonyl (C=O) groups excluding carboxylic acids is 1. The second-order valence-corrected chi connectivity index (χ2v) is 13.5. The van der Waals surface area contributed by atoms with Gasteiger partial charge in [-0.2, -0.15) is 5.10 Å². The molecule has 4 aromatic rings. The Labute approximate surface area is 242 Å². The number of amides is 1. The molecule has 3 aromatic heterocycles. The number of thiazole rings is 1. The standard InChI is InChI=1S/C27H33N7O5S2/c1-15(2)41(36,37)33-23-8-19(9-28-27(23)38-5)18-6-21(20-10-29-32-22(20)7-18)31-26(35)24-14-40-25(30-24)13-34-11-16(3)39-17(4)12-34/h6-10,14-17,33H,11-13H2,1-5H3,(H,29,32)(H,31,35)/t16-,17+. The van der Waals surface area contributed by atoms with Crippen molar-refractivity contribution in [1.29, 1.82) is 0 Å². The fraction of sp³-hybridized carbons (Fsp3) is 0.407. The lowest BCUT2D eigenvalue weighted by Gasteiger charge is -2.34. The first kappa shape index (κ1) is 28.9. The van der Waals surface area contributed by atoms with Gasteiger partial charge in [0, 0.05) is 35.6 Å². The smallest absolute Gasteiger partial charge is 0.275 e. The summed E-state index contributed by atoms with van der Waals surface area (Å²) in [6.07, 6.45) is 3.52. The molecule has 41 heavy (non-hydrogen) atoms. The first-order chi connectivity index (χ1) is 19.5. The van der Waals surface area contributed by atoms with Crippen molar-refractivity contribution in [1.82, 2.24) is 25.1 Å². The maximum atomic E-state index is 13.3. The molecule has 14 heteroatoms. The molecule has 0 radical (unpaired) electrons. The van der Waals surface area contributed by atoms with Gasteiger partial charge in [-0.3, -0.25) is 19.5 Å². The Morgan fingerprint density at radius 2 is 1.90 bits per heavy atom. The van der Waals surface area contributed by atoms with Gasteiger partial charge >= 0.3 is 0 Å². The second-order valence-electron chi connectivity index (χ2n) is 10.4. The van der Waals surface area contributed by atoms with E-state index in [0.29, 0.717) is 34.6 Å². The zero-order valence-corrected chi connectivity index (χ0v) is 25.1. The summed E-state index contributed by atoms with van der Waals surface area (Å²) in [5, 5.41) is 12.7. The van der Waals surface area contributed by atoms with Gasteiger partial charge in [0.2, 0.25) is 15.9 Å². The third-order valence-electron chi connectivity index (χ3n) is 6.70. The maximum Gasteiger partial charge on any atom is 0.275 e. The van der Waals surface area contributed by atoms with E-state index in [0.717, 1.165) is 23.5 Å². The van der Waals surface area contributed by atoms with E-state index in [1.54, 1.807) is 43.8 Å². The molecule has 0 spiro atoms. The number of morpholine rings is 1. The summed E-state index contributed by atoms with van der Waals surface area (Å²) in [6, 6.07) is 5.30. The Morgan fingerprint density at radius 1 is 1.17 bits per heavy atom. The summed E-state index contributed by atoms with van der Waals surface area (Å²) < 4.78 is 38.7. The minimum atomic E-state index is -3.63. The van der Waals surface area contributed by atoms with Gasteiger partial charge in [-0.25, -0.2) is 18.4 Å². The van der Waals surface area contributed by atoms with Crippen LogP contribution < -0.4 is 14.8 Å². The first-order valence-corrected chi connectivity index (χ1v) is 15.6. The van der Waals surface area contributed by atoms with Crippen LogP contribution in [0.4, 0.5) is 11.4 Å². The summed E-state index contributed by atoms with van der Waals surface area (Å²) in [5.41, 5.74) is 3.07. The highest BCUT2D eigenvalue weighted by Crippen LogP contribution is 2.34. The number of ether oxygens (including phenoxy) is 2. The summed E-state index contributed by atoms with van der Waals surface area (Å²) in [4.78, 5) is 24.4. The highest BCUT2D eigenvalue weighted by molar-refractivity contribution is 7.93. The van der Waals surface area contributed by atoms with Gasteiger partial charge in [-0.1, -0.05) is 0 Å². The van der Waals surface area contributed by atoms with E-state index in [2.05, 4.69) is 49.0 Å². The average molecular weight is 600 g/mol. The first-order valence-electron chi connectivity index (χ1n) is 13.2. The van der Waals surface area contributed by atoms with Crippen LogP contribution >= 0.6 is 11.3 Å². The number of aromatic nitrogens is 4. The van der Waals surface area contributed by atoms with Gasteiger partial charge in [0.15, 0.2) is 0 Å². The van der Waals surface area contributed by atoms with Crippen LogP contribution in [0, 0.1) is 0 Å². The average Bonchev–Trinajstić information content (AvgIpc) is 3.57. The molecule has 1 amide bonds. The summed E-state index contributed by atoms with van der Waals surface area (Å²) in [6.45, 7) is 9.58. The Hall–Kier alpha value is -3.59. The number of sulfonamides is 1. The summed E-state index contributed by atoms with van der Waals surface area (Å²) in [7, 11) is -2.21. The molecule has 5 rings (SSSR count). The zero-order valence-electron chi connectivity index (χ0n) is 23.5. The maximum absolute atomic E-state index is 13.3. The Balaban J connectivity index is 1.40. The molecule has 0 unspecified atom stereocenters. The molecule has 218 valence electrons. The molecule has 1 aliphatic rings. The van der Waals surface area contributed by atoms with E-state index in [4.69, 9.17) is 9.47 Å². The van der Waals surface area contributed by atoms with Crippen molar-refractivity contribution >= 4 is 49.5 Å². The van der Waals surface area contributed by atoms with E-state index < -0.39 is 15.3 Å². The van der Waals surface area contributed by atoms with Crippen molar-refractivity contribution in [3.63, 3.8) is 0 Å². The van der Waals surface area contributed by atoms with E-state index in [9.17, 15) is 13.2 Å². The van der Waals surface area contributed by atoms with Gasteiger partial charge in [0.25, 0.3) is 5.91 Å². The molecular weight excluding hydrogens is 566 g/mol. The molecule has 1 fully saturated rings. The number of methoxy groups -OCH3 is 1. The van der Waals surface area contributed by atoms with Crippen LogP contribution in [0.1, 0.15) is 43.2 Å². The monoisotopic (exact) mass is 599 g/mol. The summed E-state index contributed by atoms with van der Waals surface area (Å²) in [5.74, 6) is -0.191. The SMILES string of the molecule is COc1ncc(-c2cc(NC(=O)c3csc(CN4C[C@@H](C)O[C@@H](C)C4)n3)c3cn[nH]c3c2)cc1NS(=O)(=O)C(C)C. The molecule has 0 aliphatic carbocycles. The van der Waals surface area contributed by atoms with Crippen LogP contribution in [-0.2, 0) is 21.3 Å². The van der Waals surface area contributed by atoms with Gasteiger partial charge in [0.05, 0.1) is 48.5 Å². The number of aromatic amines is 1. The van der Waals surface area contributed by atoms with Crippen molar-refractivity contribution in [3.05, 3.63) is 46.7 Å². The lowest BCUT2D eigenvalue weighted by atomic mass is 10.0. The number of anilines is 2. The molecule has 2 atom stereocenters. The number of H-pyrrole nitrogens is 1. The highest BCUT2D eigenvalue weighted by atomic mass is 32.2. The fourth-order valence-corrected chi connectivity index (χ4v) is 6.22. The van der Waals surface area contributed by atoms with Crippen LogP contribution in [-0.4, -0.2) is 77.0 Å².